The van der Waals surface area contributed by atoms with Crippen LogP contribution in [0.2, 0.25) is 0 Å². The molecule has 0 radical (unpaired) electrons. The van der Waals surface area contributed by atoms with Crippen molar-refractivity contribution in [3.8, 4) is 51.2 Å². The second-order valence-corrected chi connectivity index (χ2v) is 14.8. The highest BCUT2D eigenvalue weighted by atomic mass is 32.1. The normalized spacial score (nSPS) is 11.6. The number of pyridine rings is 1. The number of hydrogen-bond acceptors (Lipinski definition) is 5. The molecule has 11 aromatic rings. The third-order valence-corrected chi connectivity index (χ3v) is 11.8. The molecule has 0 spiro atoms. The van der Waals surface area contributed by atoms with Gasteiger partial charge in [0.25, 0.3) is 0 Å². The molecule has 0 aliphatic heterocycles. The third-order valence-electron chi connectivity index (χ3n) is 10.8. The molecule has 0 N–H and O–H groups in total. The largest absolute Gasteiger partial charge is 0.456 e. The van der Waals surface area contributed by atoms with E-state index in [9.17, 15) is 10.5 Å². The van der Waals surface area contributed by atoms with Gasteiger partial charge in [-0.1, -0.05) is 84.9 Å². The first kappa shape index (κ1) is 31.1. The van der Waals surface area contributed by atoms with Crippen molar-refractivity contribution in [1.29, 1.82) is 10.5 Å². The molecule has 0 aliphatic rings. The number of fused-ring (bicyclic) bond motifs is 9. The summed E-state index contributed by atoms with van der Waals surface area (Å²) in [5, 5.41) is 27.5. The Labute approximate surface area is 318 Å². The summed E-state index contributed by atoms with van der Waals surface area (Å²) in [6, 6.07) is 56.7. The first-order chi connectivity index (χ1) is 27.2. The van der Waals surface area contributed by atoms with E-state index in [0.29, 0.717) is 16.7 Å². The second-order valence-electron chi connectivity index (χ2n) is 13.8. The average molecular weight is 719 g/mol. The standard InChI is InChI=1S/C49H26N4OS/c50-27-33-22-32(36-20-21-52-49-48(36)38-11-5-7-13-46(38)55-49)23-34(28-51)47(33)30-16-14-29(15-17-30)31-18-19-44-40(24-31)41-25-39-37-10-4-6-12-42(37)53(35-8-2-1-3-9-35)43(39)26-45(41)54-44/h1-26H. The molecule has 0 fully saturated rings. The Bertz CT molecular complexity index is 3410. The summed E-state index contributed by atoms with van der Waals surface area (Å²) in [5.74, 6) is 0. The van der Waals surface area contributed by atoms with Crippen LogP contribution in [0.4, 0.5) is 0 Å². The van der Waals surface area contributed by atoms with Crippen LogP contribution >= 0.6 is 11.3 Å². The molecular weight excluding hydrogens is 693 g/mol. The summed E-state index contributed by atoms with van der Waals surface area (Å²) in [5.41, 5.74) is 11.3. The minimum absolute atomic E-state index is 0.456. The topological polar surface area (TPSA) is 78.5 Å². The molecule has 254 valence electrons. The van der Waals surface area contributed by atoms with E-state index in [2.05, 4.69) is 119 Å². The van der Waals surface area contributed by atoms with Gasteiger partial charge in [-0.2, -0.15) is 10.5 Å². The number of hydrogen-bond donors (Lipinski definition) is 0. The van der Waals surface area contributed by atoms with E-state index in [1.807, 2.05) is 54.6 Å². The number of benzene rings is 7. The van der Waals surface area contributed by atoms with E-state index in [4.69, 9.17) is 4.42 Å². The lowest BCUT2D eigenvalue weighted by Gasteiger charge is -2.12. The number of furan rings is 1. The van der Waals surface area contributed by atoms with Crippen molar-refractivity contribution in [2.24, 2.45) is 0 Å². The van der Waals surface area contributed by atoms with Gasteiger partial charge in [0.1, 0.15) is 16.0 Å². The number of nitriles is 2. The van der Waals surface area contributed by atoms with Gasteiger partial charge >= 0.3 is 0 Å². The summed E-state index contributed by atoms with van der Waals surface area (Å²) in [4.78, 5) is 5.56. The molecule has 6 heteroatoms. The van der Waals surface area contributed by atoms with Gasteiger partial charge in [-0.3, -0.25) is 0 Å². The number of nitrogens with zero attached hydrogens (tertiary/aromatic N) is 4. The predicted molar refractivity (Wildman–Crippen MR) is 224 cm³/mol. The fourth-order valence-electron chi connectivity index (χ4n) is 8.28. The fraction of sp³-hybridized carbons (Fsp3) is 0. The molecule has 0 amide bonds. The molecule has 0 saturated carbocycles. The van der Waals surface area contributed by atoms with Crippen molar-refractivity contribution in [3.05, 3.63) is 169 Å². The molecule has 0 bridgehead atoms. The summed E-state index contributed by atoms with van der Waals surface area (Å²) >= 11 is 1.64. The first-order valence-electron chi connectivity index (χ1n) is 18.0. The molecule has 0 aliphatic carbocycles. The number of para-hydroxylation sites is 2. The summed E-state index contributed by atoms with van der Waals surface area (Å²) < 4.78 is 9.93. The molecule has 0 unspecified atom stereocenters. The fourth-order valence-corrected chi connectivity index (χ4v) is 9.35. The third kappa shape index (κ3) is 4.73. The minimum Gasteiger partial charge on any atom is -0.456 e. The zero-order chi connectivity index (χ0) is 36.6. The lowest BCUT2D eigenvalue weighted by atomic mass is 9.89. The zero-order valence-corrected chi connectivity index (χ0v) is 29.9. The van der Waals surface area contributed by atoms with Crippen molar-refractivity contribution in [2.75, 3.05) is 0 Å². The molecule has 5 nitrogen and oxygen atoms in total. The Morgan fingerprint density at radius 1 is 0.527 bits per heavy atom. The molecule has 4 heterocycles. The van der Waals surface area contributed by atoms with E-state index < -0.39 is 0 Å². The monoisotopic (exact) mass is 718 g/mol. The Balaban J connectivity index is 0.999. The first-order valence-corrected chi connectivity index (χ1v) is 18.8. The highest BCUT2D eigenvalue weighted by Crippen LogP contribution is 2.42. The molecule has 11 rings (SSSR count). The van der Waals surface area contributed by atoms with E-state index in [0.717, 1.165) is 86.8 Å². The maximum absolute atomic E-state index is 10.4. The summed E-state index contributed by atoms with van der Waals surface area (Å²) in [7, 11) is 0. The van der Waals surface area contributed by atoms with Gasteiger partial charge in [-0.25, -0.2) is 4.98 Å². The van der Waals surface area contributed by atoms with Gasteiger partial charge in [-0.05, 0) is 88.5 Å². The number of aromatic nitrogens is 2. The highest BCUT2D eigenvalue weighted by Gasteiger charge is 2.19. The van der Waals surface area contributed by atoms with Crippen LogP contribution in [-0.4, -0.2) is 9.55 Å². The molecule has 55 heavy (non-hydrogen) atoms. The van der Waals surface area contributed by atoms with Gasteiger partial charge in [-0.15, -0.1) is 11.3 Å². The van der Waals surface area contributed by atoms with Gasteiger partial charge < -0.3 is 8.98 Å². The lowest BCUT2D eigenvalue weighted by molar-refractivity contribution is 0.669. The van der Waals surface area contributed by atoms with Crippen LogP contribution in [0, 0.1) is 22.7 Å². The summed E-state index contributed by atoms with van der Waals surface area (Å²) in [6.45, 7) is 0. The van der Waals surface area contributed by atoms with Crippen molar-refractivity contribution in [2.45, 2.75) is 0 Å². The maximum atomic E-state index is 10.4. The predicted octanol–water partition coefficient (Wildman–Crippen LogP) is 13.2. The Kier molecular flexibility index (Phi) is 6.78. The summed E-state index contributed by atoms with van der Waals surface area (Å²) in [6.07, 6.45) is 1.80. The smallest absolute Gasteiger partial charge is 0.137 e. The van der Waals surface area contributed by atoms with E-state index in [1.165, 1.54) is 10.8 Å². The van der Waals surface area contributed by atoms with Crippen LogP contribution in [0.25, 0.3) is 103 Å². The molecular formula is C49H26N4OS. The van der Waals surface area contributed by atoms with E-state index >= 15 is 0 Å². The van der Waals surface area contributed by atoms with Crippen molar-refractivity contribution >= 4 is 75.4 Å². The highest BCUT2D eigenvalue weighted by molar-refractivity contribution is 7.25. The Morgan fingerprint density at radius 3 is 2.02 bits per heavy atom. The minimum atomic E-state index is 0.456. The lowest BCUT2D eigenvalue weighted by Crippen LogP contribution is -1.93. The van der Waals surface area contributed by atoms with Gasteiger partial charge in [0.15, 0.2) is 0 Å². The second kappa shape index (κ2) is 12.0. The average Bonchev–Trinajstić information content (AvgIpc) is 3.91. The van der Waals surface area contributed by atoms with Gasteiger partial charge in [0, 0.05) is 60.5 Å². The van der Waals surface area contributed by atoms with Crippen LogP contribution in [-0.2, 0) is 0 Å². The van der Waals surface area contributed by atoms with E-state index in [-0.39, 0.29) is 0 Å². The zero-order valence-electron chi connectivity index (χ0n) is 29.1. The Hall–Kier alpha value is -7.51. The quantitative estimate of drug-likeness (QED) is 0.181. The Morgan fingerprint density at radius 2 is 1.22 bits per heavy atom. The van der Waals surface area contributed by atoms with Crippen LogP contribution in [0.5, 0.6) is 0 Å². The molecule has 0 saturated heterocycles. The van der Waals surface area contributed by atoms with Gasteiger partial charge in [0.2, 0.25) is 0 Å². The van der Waals surface area contributed by atoms with Gasteiger partial charge in [0.05, 0.1) is 34.3 Å². The van der Waals surface area contributed by atoms with Crippen molar-refractivity contribution in [3.63, 3.8) is 0 Å². The van der Waals surface area contributed by atoms with Crippen LogP contribution in [0.15, 0.2) is 162 Å². The van der Waals surface area contributed by atoms with Crippen LogP contribution < -0.4 is 0 Å². The molecule has 7 aromatic carbocycles. The van der Waals surface area contributed by atoms with Crippen molar-refractivity contribution in [1.82, 2.24) is 9.55 Å². The van der Waals surface area contributed by atoms with Crippen LogP contribution in [0.3, 0.4) is 0 Å². The van der Waals surface area contributed by atoms with Crippen molar-refractivity contribution < 1.29 is 4.42 Å². The van der Waals surface area contributed by atoms with Crippen LogP contribution in [0.1, 0.15) is 11.1 Å². The maximum Gasteiger partial charge on any atom is 0.137 e. The van der Waals surface area contributed by atoms with E-state index in [1.54, 1.807) is 17.5 Å². The number of rotatable bonds is 4. The molecule has 0 atom stereocenters. The molecule has 4 aromatic heterocycles. The number of thiophene rings is 1. The SMILES string of the molecule is N#Cc1cc(-c2ccnc3sc4ccccc4c23)cc(C#N)c1-c1ccc(-c2ccc3oc4cc5c(cc4c3c2)c2ccccc2n5-c2ccccc2)cc1.